The highest BCUT2D eigenvalue weighted by Gasteiger charge is 2.08. The fraction of sp³-hybridized carbons (Fsp3) is 0. The molecular formula is C19H16N3O2S2+. The molecule has 7 heteroatoms. The van der Waals surface area contributed by atoms with Crippen LogP contribution in [0.1, 0.15) is 9.75 Å². The third kappa shape index (κ3) is 5.51. The predicted molar refractivity (Wildman–Crippen MR) is 107 cm³/mol. The number of hydrogen-bond acceptors (Lipinski definition) is 4. The van der Waals surface area contributed by atoms with Crippen LogP contribution < -0.4 is 15.6 Å². The second kappa shape index (κ2) is 8.89. The molecule has 0 radical (unpaired) electrons. The van der Waals surface area contributed by atoms with Crippen molar-refractivity contribution in [3.05, 3.63) is 75.1 Å². The quantitative estimate of drug-likeness (QED) is 0.634. The number of aromatic nitrogens is 1. The molecule has 0 saturated carbocycles. The lowest BCUT2D eigenvalue weighted by molar-refractivity contribution is -0.343. The van der Waals surface area contributed by atoms with E-state index in [9.17, 15) is 9.59 Å². The Morgan fingerprint density at radius 2 is 1.27 bits per heavy atom. The van der Waals surface area contributed by atoms with Gasteiger partial charge >= 0.3 is 11.8 Å². The molecule has 3 aromatic heterocycles. The Hall–Kier alpha value is -3.03. The van der Waals surface area contributed by atoms with Crippen molar-refractivity contribution in [2.75, 3.05) is 10.6 Å². The number of rotatable bonds is 6. The van der Waals surface area contributed by atoms with Gasteiger partial charge < -0.3 is 0 Å². The minimum atomic E-state index is -0.254. The van der Waals surface area contributed by atoms with E-state index in [4.69, 9.17) is 0 Å². The minimum Gasteiger partial charge on any atom is -0.251 e. The Kier molecular flexibility index (Phi) is 6.08. The van der Waals surface area contributed by atoms with E-state index in [1.807, 2.05) is 35.0 Å². The first-order valence-corrected chi connectivity index (χ1v) is 9.52. The Morgan fingerprint density at radius 1 is 0.769 bits per heavy atom. The van der Waals surface area contributed by atoms with E-state index in [2.05, 4.69) is 15.6 Å². The van der Waals surface area contributed by atoms with Gasteiger partial charge in [-0.25, -0.2) is 15.6 Å². The average molecular weight is 382 g/mol. The van der Waals surface area contributed by atoms with Gasteiger partial charge in [-0.1, -0.05) is 12.1 Å². The van der Waals surface area contributed by atoms with E-state index < -0.39 is 0 Å². The average Bonchev–Trinajstić information content (AvgIpc) is 3.32. The molecule has 3 N–H and O–H groups in total. The first-order chi connectivity index (χ1) is 12.7. The van der Waals surface area contributed by atoms with Gasteiger partial charge in [0.05, 0.1) is 0 Å². The molecule has 0 spiro atoms. The first kappa shape index (κ1) is 17.8. The molecule has 26 heavy (non-hydrogen) atoms. The van der Waals surface area contributed by atoms with E-state index in [0.717, 1.165) is 9.75 Å². The van der Waals surface area contributed by atoms with Crippen LogP contribution in [0.2, 0.25) is 0 Å². The van der Waals surface area contributed by atoms with Crippen molar-refractivity contribution in [1.29, 1.82) is 0 Å². The first-order valence-electron chi connectivity index (χ1n) is 7.76. The summed E-state index contributed by atoms with van der Waals surface area (Å²) in [6.45, 7) is 0. The summed E-state index contributed by atoms with van der Waals surface area (Å²) < 4.78 is 0. The highest BCUT2D eigenvalue weighted by molar-refractivity contribution is 7.11. The molecule has 0 aliphatic carbocycles. The second-order valence-electron chi connectivity index (χ2n) is 5.15. The fourth-order valence-corrected chi connectivity index (χ4v) is 3.29. The van der Waals surface area contributed by atoms with Crippen molar-refractivity contribution in [3.63, 3.8) is 0 Å². The monoisotopic (exact) mass is 382 g/mol. The number of anilines is 2. The third-order valence-corrected chi connectivity index (χ3v) is 4.87. The normalized spacial score (nSPS) is 11.1. The standard InChI is InChI=1S/C19H15N3O2S2/c23-18(10-8-14-4-2-12-25-14)21-16-6-1-7-17(20-16)22-19(24)11-9-15-5-3-13-26-15/h1-13H,(H2,20,21,22,23,24)/p+1. The van der Waals surface area contributed by atoms with Gasteiger partial charge in [0.15, 0.2) is 0 Å². The van der Waals surface area contributed by atoms with Gasteiger partial charge in [0.25, 0.3) is 0 Å². The van der Waals surface area contributed by atoms with Crippen molar-refractivity contribution >= 4 is 58.3 Å². The Bertz CT molecular complexity index is 856. The van der Waals surface area contributed by atoms with Crippen molar-refractivity contribution in [2.24, 2.45) is 0 Å². The Labute approximate surface area is 158 Å². The molecule has 3 aromatic rings. The van der Waals surface area contributed by atoms with E-state index in [1.165, 1.54) is 12.2 Å². The van der Waals surface area contributed by atoms with Crippen molar-refractivity contribution in [3.8, 4) is 0 Å². The molecule has 5 nitrogen and oxygen atoms in total. The molecule has 0 bridgehead atoms. The van der Waals surface area contributed by atoms with Crippen LogP contribution in [0.3, 0.4) is 0 Å². The minimum absolute atomic E-state index is 0.254. The lowest BCUT2D eigenvalue weighted by Gasteiger charge is -2.00. The van der Waals surface area contributed by atoms with Crippen LogP contribution in [0.15, 0.2) is 65.4 Å². The molecule has 0 aromatic carbocycles. The highest BCUT2D eigenvalue weighted by Crippen LogP contribution is 2.11. The summed E-state index contributed by atoms with van der Waals surface area (Å²) in [5, 5.41) is 9.35. The predicted octanol–water partition coefficient (Wildman–Crippen LogP) is 3.93. The van der Waals surface area contributed by atoms with E-state index in [1.54, 1.807) is 53.0 Å². The van der Waals surface area contributed by atoms with Crippen LogP contribution >= 0.6 is 22.7 Å². The topological polar surface area (TPSA) is 72.3 Å². The SMILES string of the molecule is O=C(C=Cc1cccs1)Nc1cccc(NC(=O)C=Cc2cccs2)[nH+]1. The van der Waals surface area contributed by atoms with Crippen LogP contribution in [0.5, 0.6) is 0 Å². The van der Waals surface area contributed by atoms with Crippen molar-refractivity contribution in [2.45, 2.75) is 0 Å². The number of carbonyl (C=O) groups excluding carboxylic acids is 2. The molecule has 0 unspecified atom stereocenters. The maximum absolute atomic E-state index is 12.0. The lowest BCUT2D eigenvalue weighted by atomic mass is 10.3. The number of thiophene rings is 2. The summed E-state index contributed by atoms with van der Waals surface area (Å²) in [7, 11) is 0. The van der Waals surface area contributed by atoms with Crippen LogP contribution in [0, 0.1) is 0 Å². The zero-order valence-electron chi connectivity index (χ0n) is 13.6. The molecule has 130 valence electrons. The molecule has 0 aliphatic heterocycles. The summed E-state index contributed by atoms with van der Waals surface area (Å²) >= 11 is 3.11. The molecular weight excluding hydrogens is 366 g/mol. The number of amides is 2. The number of aromatic amines is 1. The zero-order valence-corrected chi connectivity index (χ0v) is 15.3. The smallest absolute Gasteiger partial charge is 0.251 e. The molecule has 0 atom stereocenters. The maximum Gasteiger partial charge on any atom is 0.304 e. The maximum atomic E-state index is 12.0. The number of hydrogen-bond donors (Lipinski definition) is 2. The number of nitrogens with one attached hydrogen (secondary N) is 3. The third-order valence-electron chi connectivity index (χ3n) is 3.20. The summed E-state index contributed by atoms with van der Waals surface area (Å²) in [4.78, 5) is 28.9. The molecule has 3 heterocycles. The summed E-state index contributed by atoms with van der Waals surface area (Å²) in [6, 6.07) is 12.9. The van der Waals surface area contributed by atoms with E-state index in [0.29, 0.717) is 11.6 Å². The highest BCUT2D eigenvalue weighted by atomic mass is 32.1. The van der Waals surface area contributed by atoms with Gasteiger partial charge in [0.1, 0.15) is 0 Å². The van der Waals surface area contributed by atoms with E-state index in [-0.39, 0.29) is 11.8 Å². The number of pyridine rings is 1. The lowest BCUT2D eigenvalue weighted by Crippen LogP contribution is -2.22. The summed E-state index contributed by atoms with van der Waals surface area (Å²) in [6.07, 6.45) is 6.44. The van der Waals surface area contributed by atoms with Gasteiger partial charge in [0.2, 0.25) is 11.6 Å². The van der Waals surface area contributed by atoms with Gasteiger partial charge in [-0.2, -0.15) is 0 Å². The van der Waals surface area contributed by atoms with Crippen molar-refractivity contribution < 1.29 is 14.6 Å². The van der Waals surface area contributed by atoms with Gasteiger partial charge in [0, 0.05) is 34.0 Å². The van der Waals surface area contributed by atoms with Crippen LogP contribution in [0.25, 0.3) is 12.2 Å². The fourth-order valence-electron chi connectivity index (χ4n) is 2.05. The van der Waals surface area contributed by atoms with Gasteiger partial charge in [-0.3, -0.25) is 9.59 Å². The zero-order chi connectivity index (χ0) is 18.2. The van der Waals surface area contributed by atoms with E-state index >= 15 is 0 Å². The van der Waals surface area contributed by atoms with Crippen molar-refractivity contribution in [1.82, 2.24) is 0 Å². The molecule has 0 saturated heterocycles. The second-order valence-corrected chi connectivity index (χ2v) is 7.11. The molecule has 3 rings (SSSR count). The number of H-pyrrole nitrogens is 1. The molecule has 0 aliphatic rings. The number of carbonyl (C=O) groups is 2. The Balaban J connectivity index is 1.57. The van der Waals surface area contributed by atoms with Gasteiger partial charge in [-0.05, 0) is 41.1 Å². The molecule has 2 amide bonds. The van der Waals surface area contributed by atoms with Crippen LogP contribution in [0.4, 0.5) is 11.6 Å². The van der Waals surface area contributed by atoms with Gasteiger partial charge in [-0.15, -0.1) is 22.7 Å². The molecule has 0 fully saturated rings. The van der Waals surface area contributed by atoms with Crippen LogP contribution in [-0.4, -0.2) is 11.8 Å². The van der Waals surface area contributed by atoms with Crippen LogP contribution in [-0.2, 0) is 9.59 Å². The Morgan fingerprint density at radius 3 is 1.69 bits per heavy atom. The summed E-state index contributed by atoms with van der Waals surface area (Å²) in [5.41, 5.74) is 0. The summed E-state index contributed by atoms with van der Waals surface area (Å²) in [5.74, 6) is 0.475. The largest absolute Gasteiger partial charge is 0.304 e.